The molecule has 0 unspecified atom stereocenters. The largest absolute Gasteiger partial charge is 0.292 e. The van der Waals surface area contributed by atoms with Crippen molar-refractivity contribution >= 4 is 39.3 Å². The van der Waals surface area contributed by atoms with Crippen molar-refractivity contribution in [1.82, 2.24) is 9.97 Å². The summed E-state index contributed by atoms with van der Waals surface area (Å²) in [6, 6.07) is 8.21. The molecule has 0 bridgehead atoms. The molecule has 0 saturated heterocycles. The Balaban J connectivity index is 2.03. The third kappa shape index (κ3) is 2.53. The van der Waals surface area contributed by atoms with Gasteiger partial charge in [0.15, 0.2) is 0 Å². The van der Waals surface area contributed by atoms with Gasteiger partial charge in [-0.3, -0.25) is 5.43 Å². The van der Waals surface area contributed by atoms with Crippen LogP contribution in [0.1, 0.15) is 0 Å². The van der Waals surface area contributed by atoms with Gasteiger partial charge >= 0.3 is 0 Å². The number of nitrogen functional groups attached to an aromatic ring is 1. The quantitative estimate of drug-likeness (QED) is 0.441. The lowest BCUT2D eigenvalue weighted by Gasteiger charge is -2.05. The average molecular weight is 292 g/mol. The summed E-state index contributed by atoms with van der Waals surface area (Å²) in [6.07, 6.45) is 0. The summed E-state index contributed by atoms with van der Waals surface area (Å²) in [5.41, 5.74) is 3.30. The van der Waals surface area contributed by atoms with E-state index >= 15 is 0 Å². The number of thiophene rings is 1. The van der Waals surface area contributed by atoms with Gasteiger partial charge in [0.05, 0.1) is 10.2 Å². The topological polar surface area (TPSA) is 63.8 Å². The number of hydrogen-bond donors (Lipinski definition) is 2. The van der Waals surface area contributed by atoms with Crippen molar-refractivity contribution in [3.05, 3.63) is 41.5 Å². The Kier molecular flexibility index (Phi) is 3.33. The van der Waals surface area contributed by atoms with Crippen LogP contribution in [-0.2, 0) is 0 Å². The second kappa shape index (κ2) is 5.12. The molecule has 0 atom stereocenters. The fourth-order valence-corrected chi connectivity index (χ4v) is 3.39. The van der Waals surface area contributed by atoms with Crippen molar-refractivity contribution < 1.29 is 4.39 Å². The Bertz CT molecular complexity index is 711. The van der Waals surface area contributed by atoms with Gasteiger partial charge in [-0.05, 0) is 35.7 Å². The molecule has 19 heavy (non-hydrogen) atoms. The Morgan fingerprint density at radius 3 is 2.68 bits per heavy atom. The number of aromatic nitrogens is 2. The molecule has 3 rings (SSSR count). The smallest absolute Gasteiger partial charge is 0.238 e. The SMILES string of the molecule is NNc1nc(Sc2ccc(F)cc2)c2sccc2n1. The highest BCUT2D eigenvalue weighted by atomic mass is 32.2. The fraction of sp³-hybridized carbons (Fsp3) is 0. The maximum atomic E-state index is 12.9. The molecule has 2 aromatic heterocycles. The van der Waals surface area contributed by atoms with Crippen LogP contribution in [-0.4, -0.2) is 9.97 Å². The number of rotatable bonds is 3. The number of hydrazine groups is 1. The maximum Gasteiger partial charge on any atom is 0.238 e. The number of benzene rings is 1. The normalized spacial score (nSPS) is 10.8. The second-order valence-electron chi connectivity index (χ2n) is 3.69. The van der Waals surface area contributed by atoms with Gasteiger partial charge in [-0.1, -0.05) is 11.8 Å². The van der Waals surface area contributed by atoms with E-state index in [1.807, 2.05) is 11.4 Å². The minimum Gasteiger partial charge on any atom is -0.292 e. The molecular weight excluding hydrogens is 283 g/mol. The zero-order chi connectivity index (χ0) is 13.2. The summed E-state index contributed by atoms with van der Waals surface area (Å²) in [5.74, 6) is 5.48. The molecule has 3 N–H and O–H groups in total. The third-order valence-electron chi connectivity index (χ3n) is 2.43. The Morgan fingerprint density at radius 1 is 1.16 bits per heavy atom. The highest BCUT2D eigenvalue weighted by Crippen LogP contribution is 2.34. The standard InChI is InChI=1S/C12H9FN4S2/c13-7-1-3-8(4-2-7)19-11-10-9(5-6-18-10)15-12(16-11)17-14/h1-6H,14H2,(H,15,16,17). The van der Waals surface area contributed by atoms with Gasteiger partial charge in [0.2, 0.25) is 5.95 Å². The average Bonchev–Trinajstić information content (AvgIpc) is 2.89. The van der Waals surface area contributed by atoms with E-state index in [0.29, 0.717) is 5.95 Å². The van der Waals surface area contributed by atoms with Crippen LogP contribution >= 0.6 is 23.1 Å². The first-order chi connectivity index (χ1) is 9.26. The lowest BCUT2D eigenvalue weighted by molar-refractivity contribution is 0.626. The maximum absolute atomic E-state index is 12.9. The van der Waals surface area contributed by atoms with Crippen LogP contribution < -0.4 is 11.3 Å². The lowest BCUT2D eigenvalue weighted by atomic mass is 10.4. The summed E-state index contributed by atoms with van der Waals surface area (Å²) in [5, 5.41) is 2.76. The van der Waals surface area contributed by atoms with Crippen molar-refractivity contribution in [3.63, 3.8) is 0 Å². The van der Waals surface area contributed by atoms with E-state index in [4.69, 9.17) is 5.84 Å². The zero-order valence-electron chi connectivity index (χ0n) is 9.63. The monoisotopic (exact) mass is 292 g/mol. The molecule has 0 aliphatic carbocycles. The molecule has 4 nitrogen and oxygen atoms in total. The molecule has 0 saturated carbocycles. The van der Waals surface area contributed by atoms with E-state index in [0.717, 1.165) is 20.1 Å². The molecule has 2 heterocycles. The molecule has 96 valence electrons. The van der Waals surface area contributed by atoms with Crippen LogP contribution in [0.25, 0.3) is 10.2 Å². The van der Waals surface area contributed by atoms with E-state index < -0.39 is 0 Å². The van der Waals surface area contributed by atoms with Crippen molar-refractivity contribution in [2.75, 3.05) is 5.43 Å². The molecule has 0 aliphatic heterocycles. The minimum atomic E-state index is -0.252. The summed E-state index contributed by atoms with van der Waals surface area (Å²) in [7, 11) is 0. The molecule has 0 aliphatic rings. The van der Waals surface area contributed by atoms with Crippen molar-refractivity contribution in [3.8, 4) is 0 Å². The Hall–Kier alpha value is -1.70. The van der Waals surface area contributed by atoms with Gasteiger partial charge in [-0.15, -0.1) is 11.3 Å². The van der Waals surface area contributed by atoms with Gasteiger partial charge in [0, 0.05) is 4.90 Å². The molecule has 1 aromatic carbocycles. The van der Waals surface area contributed by atoms with E-state index in [9.17, 15) is 4.39 Å². The summed E-state index contributed by atoms with van der Waals surface area (Å²) in [6.45, 7) is 0. The second-order valence-corrected chi connectivity index (χ2v) is 5.67. The first kappa shape index (κ1) is 12.3. The van der Waals surface area contributed by atoms with Gasteiger partial charge in [0.25, 0.3) is 0 Å². The number of nitrogens with two attached hydrogens (primary N) is 1. The third-order valence-corrected chi connectivity index (χ3v) is 4.47. The highest BCUT2D eigenvalue weighted by molar-refractivity contribution is 7.99. The highest BCUT2D eigenvalue weighted by Gasteiger charge is 2.10. The van der Waals surface area contributed by atoms with Gasteiger partial charge < -0.3 is 0 Å². The molecule has 0 spiro atoms. The molecule has 0 amide bonds. The number of fused-ring (bicyclic) bond motifs is 1. The van der Waals surface area contributed by atoms with Crippen molar-refractivity contribution in [1.29, 1.82) is 0 Å². The zero-order valence-corrected chi connectivity index (χ0v) is 11.3. The minimum absolute atomic E-state index is 0.252. The molecule has 0 fully saturated rings. The van der Waals surface area contributed by atoms with E-state index in [1.54, 1.807) is 23.5 Å². The number of hydrogen-bond acceptors (Lipinski definition) is 6. The summed E-state index contributed by atoms with van der Waals surface area (Å²) < 4.78 is 13.9. The first-order valence-corrected chi connectivity index (χ1v) is 7.11. The molecule has 3 aromatic rings. The Labute approximate surface area is 116 Å². The summed E-state index contributed by atoms with van der Waals surface area (Å²) >= 11 is 3.02. The van der Waals surface area contributed by atoms with E-state index in [-0.39, 0.29) is 5.82 Å². The van der Waals surface area contributed by atoms with Crippen LogP contribution in [0.5, 0.6) is 0 Å². The van der Waals surface area contributed by atoms with Crippen LogP contribution in [0.2, 0.25) is 0 Å². The van der Waals surface area contributed by atoms with Gasteiger partial charge in [-0.2, -0.15) is 0 Å². The van der Waals surface area contributed by atoms with E-state index in [1.165, 1.54) is 23.9 Å². The number of nitrogens with one attached hydrogen (secondary N) is 1. The van der Waals surface area contributed by atoms with Gasteiger partial charge in [0.1, 0.15) is 10.8 Å². The predicted molar refractivity (Wildman–Crippen MR) is 75.7 cm³/mol. The van der Waals surface area contributed by atoms with E-state index in [2.05, 4.69) is 15.4 Å². The molecule has 7 heteroatoms. The van der Waals surface area contributed by atoms with Crippen LogP contribution in [0.15, 0.2) is 45.6 Å². The Morgan fingerprint density at radius 2 is 1.95 bits per heavy atom. The van der Waals surface area contributed by atoms with Crippen molar-refractivity contribution in [2.24, 2.45) is 5.84 Å². The number of halogens is 1. The van der Waals surface area contributed by atoms with Crippen LogP contribution in [0, 0.1) is 5.82 Å². The van der Waals surface area contributed by atoms with Crippen LogP contribution in [0.4, 0.5) is 10.3 Å². The number of anilines is 1. The lowest BCUT2D eigenvalue weighted by Crippen LogP contribution is -2.10. The van der Waals surface area contributed by atoms with Crippen molar-refractivity contribution in [2.45, 2.75) is 9.92 Å². The fourth-order valence-electron chi connectivity index (χ4n) is 1.58. The molecule has 0 radical (unpaired) electrons. The predicted octanol–water partition coefficient (Wildman–Crippen LogP) is 3.27. The first-order valence-electron chi connectivity index (χ1n) is 5.41. The summed E-state index contributed by atoms with van der Waals surface area (Å²) in [4.78, 5) is 9.52. The van der Waals surface area contributed by atoms with Crippen LogP contribution in [0.3, 0.4) is 0 Å². The molecular formula is C12H9FN4S2. The number of nitrogens with zero attached hydrogens (tertiary/aromatic N) is 2. The van der Waals surface area contributed by atoms with Gasteiger partial charge in [-0.25, -0.2) is 20.2 Å².